The number of methoxy groups -OCH3 is 1. The number of nitrogens with zero attached hydrogens (tertiary/aromatic N) is 8. The van der Waals surface area contributed by atoms with E-state index < -0.39 is 0 Å². The van der Waals surface area contributed by atoms with Crippen LogP contribution in [0.3, 0.4) is 0 Å². The van der Waals surface area contributed by atoms with Gasteiger partial charge < -0.3 is 14.5 Å². The highest BCUT2D eigenvalue weighted by atomic mass is 16.5. The monoisotopic (exact) mass is 364 g/mol. The molecule has 2 aromatic rings. The second-order valence-corrected chi connectivity index (χ2v) is 6.51. The fourth-order valence-corrected chi connectivity index (χ4v) is 3.58. The first kappa shape index (κ1) is 16.9. The topological polar surface area (TPSA) is 124 Å². The lowest BCUT2D eigenvalue weighted by molar-refractivity contribution is 0.0705. The minimum Gasteiger partial charge on any atom is -0.383 e. The fraction of sp³-hybridized carbons (Fsp3) is 0.412. The number of carbonyl (C=O) groups excluding carboxylic acids is 1. The van der Waals surface area contributed by atoms with Crippen molar-refractivity contribution in [2.45, 2.75) is 25.0 Å². The average Bonchev–Trinajstić information content (AvgIpc) is 3.39. The van der Waals surface area contributed by atoms with Crippen LogP contribution in [0.25, 0.3) is 5.95 Å². The molecule has 2 aliphatic heterocycles. The first-order valence-electron chi connectivity index (χ1n) is 8.42. The van der Waals surface area contributed by atoms with Crippen molar-refractivity contribution >= 4 is 5.91 Å². The Balaban J connectivity index is 1.56. The first-order valence-corrected chi connectivity index (χ1v) is 8.42. The summed E-state index contributed by atoms with van der Waals surface area (Å²) in [4.78, 5) is 24.9. The summed E-state index contributed by atoms with van der Waals surface area (Å²) < 4.78 is 6.55. The third-order valence-electron chi connectivity index (χ3n) is 4.89. The Morgan fingerprint density at radius 1 is 1.37 bits per heavy atom. The molecule has 0 aliphatic carbocycles. The van der Waals surface area contributed by atoms with Crippen LogP contribution in [-0.2, 0) is 11.3 Å². The summed E-state index contributed by atoms with van der Waals surface area (Å²) in [6.07, 6.45) is 7.39. The van der Waals surface area contributed by atoms with E-state index in [0.29, 0.717) is 37.4 Å². The van der Waals surface area contributed by atoms with Gasteiger partial charge in [-0.05, 0) is 6.42 Å². The van der Waals surface area contributed by atoms with Gasteiger partial charge in [0.25, 0.3) is 11.9 Å². The number of amides is 1. The van der Waals surface area contributed by atoms with Crippen molar-refractivity contribution in [1.82, 2.24) is 29.5 Å². The molecule has 1 fully saturated rings. The molecule has 2 atom stereocenters. The smallest absolute Gasteiger partial charge is 0.273 e. The third-order valence-corrected chi connectivity index (χ3v) is 4.89. The summed E-state index contributed by atoms with van der Waals surface area (Å²) >= 11 is 0. The predicted molar refractivity (Wildman–Crippen MR) is 90.1 cm³/mol. The SMILES string of the molecule is COC[C@@H]1C[C@@H](N2Cc3cnc(-n4cc(C#N)cn4)nc3C2=O)CN1C#N. The standard InChI is InChI=1S/C17H16N8O2/c1-27-9-14-2-13(8-23(14)10-19)24-7-12-5-20-17(22-15(12)16(24)26)25-6-11(3-18)4-21-25/h4-6,13-14H,2,7-9H2,1H3/t13-,14+/m1/s1. The Morgan fingerprint density at radius 2 is 2.22 bits per heavy atom. The molecule has 27 heavy (non-hydrogen) atoms. The summed E-state index contributed by atoms with van der Waals surface area (Å²) in [7, 11) is 1.60. The van der Waals surface area contributed by atoms with Gasteiger partial charge in [0, 0.05) is 25.4 Å². The van der Waals surface area contributed by atoms with E-state index in [2.05, 4.69) is 21.3 Å². The minimum atomic E-state index is -0.178. The highest BCUT2D eigenvalue weighted by Gasteiger charge is 2.41. The van der Waals surface area contributed by atoms with Crippen molar-refractivity contribution in [3.05, 3.63) is 35.4 Å². The van der Waals surface area contributed by atoms with Gasteiger partial charge in [0.15, 0.2) is 6.19 Å². The van der Waals surface area contributed by atoms with Gasteiger partial charge in [0.05, 0.1) is 43.2 Å². The third kappa shape index (κ3) is 2.86. The molecule has 0 spiro atoms. The number of rotatable bonds is 4. The zero-order valence-electron chi connectivity index (χ0n) is 14.6. The molecule has 2 aliphatic rings. The maximum Gasteiger partial charge on any atom is 0.273 e. The second kappa shape index (κ2) is 6.67. The van der Waals surface area contributed by atoms with Crippen LogP contribution in [0, 0.1) is 22.8 Å². The van der Waals surface area contributed by atoms with Gasteiger partial charge in [-0.1, -0.05) is 0 Å². The molecule has 0 saturated carbocycles. The molecule has 0 aromatic carbocycles. The van der Waals surface area contributed by atoms with E-state index in [-0.39, 0.29) is 23.9 Å². The van der Waals surface area contributed by atoms with Crippen molar-refractivity contribution in [1.29, 1.82) is 10.5 Å². The Bertz CT molecular complexity index is 972. The highest BCUT2D eigenvalue weighted by molar-refractivity contribution is 5.96. The van der Waals surface area contributed by atoms with Crippen LogP contribution in [0.1, 0.15) is 28.0 Å². The molecule has 1 saturated heterocycles. The zero-order chi connectivity index (χ0) is 19.0. The maximum atomic E-state index is 12.9. The molecule has 0 N–H and O–H groups in total. The minimum absolute atomic E-state index is 0.0309. The number of hydrogen-bond donors (Lipinski definition) is 0. The zero-order valence-corrected chi connectivity index (χ0v) is 14.6. The summed E-state index contributed by atoms with van der Waals surface area (Å²) in [6.45, 7) is 1.35. The number of nitriles is 2. The number of carbonyl (C=O) groups is 1. The van der Waals surface area contributed by atoms with Gasteiger partial charge >= 0.3 is 0 Å². The van der Waals surface area contributed by atoms with Gasteiger partial charge in [-0.15, -0.1) is 0 Å². The second-order valence-electron chi connectivity index (χ2n) is 6.51. The van der Waals surface area contributed by atoms with Gasteiger partial charge in [-0.3, -0.25) is 4.79 Å². The molecule has 0 unspecified atom stereocenters. The van der Waals surface area contributed by atoms with E-state index in [9.17, 15) is 10.1 Å². The summed E-state index contributed by atoms with van der Waals surface area (Å²) in [6, 6.07) is 1.88. The van der Waals surface area contributed by atoms with E-state index in [0.717, 1.165) is 5.56 Å². The molecule has 136 valence electrons. The molecular weight excluding hydrogens is 348 g/mol. The Kier molecular flexibility index (Phi) is 4.18. The van der Waals surface area contributed by atoms with Crippen molar-refractivity contribution in [2.24, 2.45) is 0 Å². The molecular formula is C17H16N8O2. The normalized spacial score (nSPS) is 21.2. The van der Waals surface area contributed by atoms with E-state index >= 15 is 0 Å². The van der Waals surface area contributed by atoms with E-state index in [1.54, 1.807) is 23.1 Å². The molecule has 0 radical (unpaired) electrons. The van der Waals surface area contributed by atoms with Crippen molar-refractivity contribution < 1.29 is 9.53 Å². The maximum absolute atomic E-state index is 12.9. The van der Waals surface area contributed by atoms with E-state index in [1.165, 1.54) is 17.1 Å². The van der Waals surface area contributed by atoms with Crippen LogP contribution >= 0.6 is 0 Å². The van der Waals surface area contributed by atoms with Crippen molar-refractivity contribution in [3.63, 3.8) is 0 Å². The number of fused-ring (bicyclic) bond motifs is 1. The van der Waals surface area contributed by atoms with Crippen LogP contribution < -0.4 is 0 Å². The van der Waals surface area contributed by atoms with Crippen molar-refractivity contribution in [2.75, 3.05) is 20.3 Å². The van der Waals surface area contributed by atoms with Gasteiger partial charge in [0.1, 0.15) is 11.8 Å². The van der Waals surface area contributed by atoms with Crippen LogP contribution in [-0.4, -0.2) is 67.8 Å². The fourth-order valence-electron chi connectivity index (χ4n) is 3.58. The summed E-state index contributed by atoms with van der Waals surface area (Å²) in [5.41, 5.74) is 1.47. The first-order chi connectivity index (χ1) is 13.1. The Labute approximate surface area is 155 Å². The van der Waals surface area contributed by atoms with Gasteiger partial charge in [-0.2, -0.15) is 15.6 Å². The number of hydrogen-bond acceptors (Lipinski definition) is 8. The molecule has 2 aromatic heterocycles. The van der Waals surface area contributed by atoms with E-state index in [4.69, 9.17) is 10.00 Å². The van der Waals surface area contributed by atoms with Crippen LogP contribution in [0.15, 0.2) is 18.6 Å². The number of likely N-dealkylation sites (tertiary alicyclic amines) is 1. The summed E-state index contributed by atoms with van der Waals surface area (Å²) in [5, 5.41) is 22.3. The van der Waals surface area contributed by atoms with Crippen molar-refractivity contribution in [3.8, 4) is 18.2 Å². The largest absolute Gasteiger partial charge is 0.383 e. The number of ether oxygens (including phenoxy) is 1. The predicted octanol–water partition coefficient (Wildman–Crippen LogP) is 0.0602. The molecule has 1 amide bonds. The lowest BCUT2D eigenvalue weighted by atomic mass is 10.1. The van der Waals surface area contributed by atoms with Crippen LogP contribution in [0.5, 0.6) is 0 Å². The quantitative estimate of drug-likeness (QED) is 0.698. The Morgan fingerprint density at radius 3 is 2.93 bits per heavy atom. The highest BCUT2D eigenvalue weighted by Crippen LogP contribution is 2.29. The molecule has 10 heteroatoms. The Hall–Kier alpha value is -3.50. The molecule has 4 heterocycles. The summed E-state index contributed by atoms with van der Waals surface area (Å²) in [5.74, 6) is 0.0649. The lowest BCUT2D eigenvalue weighted by Crippen LogP contribution is -2.37. The van der Waals surface area contributed by atoms with Crippen LogP contribution in [0.2, 0.25) is 0 Å². The molecule has 4 rings (SSSR count). The average molecular weight is 364 g/mol. The van der Waals surface area contributed by atoms with Gasteiger partial charge in [-0.25, -0.2) is 14.6 Å². The lowest BCUT2D eigenvalue weighted by Gasteiger charge is -2.22. The van der Waals surface area contributed by atoms with Crippen LogP contribution in [0.4, 0.5) is 0 Å². The van der Waals surface area contributed by atoms with E-state index in [1.807, 2.05) is 6.07 Å². The number of aromatic nitrogens is 4. The molecule has 0 bridgehead atoms. The van der Waals surface area contributed by atoms with Gasteiger partial charge in [0.2, 0.25) is 0 Å². The molecule has 10 nitrogen and oxygen atoms in total.